The fourth-order valence-corrected chi connectivity index (χ4v) is 2.66. The molecule has 0 fully saturated rings. The first-order valence-electron chi connectivity index (χ1n) is 8.44. The number of benzene rings is 2. The van der Waals surface area contributed by atoms with Gasteiger partial charge in [0.1, 0.15) is 6.54 Å². The standard InChI is InChI=1S/C20H19ClN4O3/c1-13(15-5-8-18(26)19(9-15)28-2)23-24-20(27)11-25-10-17(22-12-25)14-3-6-16(21)7-4-14/h3-10,12,26H,11H2,1-2H3,(H,24,27)/b23-13+. The summed E-state index contributed by atoms with van der Waals surface area (Å²) in [6, 6.07) is 12.2. The van der Waals surface area contributed by atoms with Crippen molar-refractivity contribution >= 4 is 23.2 Å². The average molecular weight is 399 g/mol. The number of aromatic hydroxyl groups is 1. The number of phenols is 1. The zero-order valence-corrected chi connectivity index (χ0v) is 16.1. The van der Waals surface area contributed by atoms with Gasteiger partial charge in [-0.05, 0) is 37.3 Å². The Morgan fingerprint density at radius 1 is 1.29 bits per heavy atom. The molecule has 0 aliphatic heterocycles. The molecule has 0 saturated heterocycles. The lowest BCUT2D eigenvalue weighted by Crippen LogP contribution is -2.23. The molecule has 1 aromatic heterocycles. The van der Waals surface area contributed by atoms with Crippen molar-refractivity contribution in [2.24, 2.45) is 5.10 Å². The Morgan fingerprint density at radius 3 is 2.75 bits per heavy atom. The monoisotopic (exact) mass is 398 g/mol. The number of rotatable bonds is 6. The van der Waals surface area contributed by atoms with E-state index in [1.54, 1.807) is 48.3 Å². The van der Waals surface area contributed by atoms with Gasteiger partial charge in [-0.1, -0.05) is 23.7 Å². The van der Waals surface area contributed by atoms with Crippen molar-refractivity contribution in [1.29, 1.82) is 0 Å². The number of aromatic nitrogens is 2. The van der Waals surface area contributed by atoms with E-state index in [9.17, 15) is 9.90 Å². The van der Waals surface area contributed by atoms with Crippen LogP contribution in [-0.4, -0.2) is 33.4 Å². The number of hydrazone groups is 1. The average Bonchev–Trinajstić information content (AvgIpc) is 3.15. The molecule has 0 atom stereocenters. The van der Waals surface area contributed by atoms with Crippen LogP contribution in [0.4, 0.5) is 0 Å². The predicted molar refractivity (Wildman–Crippen MR) is 108 cm³/mol. The van der Waals surface area contributed by atoms with Crippen molar-refractivity contribution in [2.45, 2.75) is 13.5 Å². The van der Waals surface area contributed by atoms with Crippen molar-refractivity contribution in [3.63, 3.8) is 0 Å². The lowest BCUT2D eigenvalue weighted by molar-refractivity contribution is -0.121. The largest absolute Gasteiger partial charge is 0.504 e. The number of nitrogens with zero attached hydrogens (tertiary/aromatic N) is 3. The SMILES string of the molecule is COc1cc(/C(C)=N/NC(=O)Cn2cnc(-c3ccc(Cl)cc3)c2)ccc1O. The van der Waals surface area contributed by atoms with Gasteiger partial charge in [0.05, 0.1) is 24.8 Å². The zero-order chi connectivity index (χ0) is 20.1. The highest BCUT2D eigenvalue weighted by Crippen LogP contribution is 2.26. The van der Waals surface area contributed by atoms with Crippen LogP contribution < -0.4 is 10.2 Å². The molecule has 144 valence electrons. The molecule has 3 rings (SSSR count). The van der Waals surface area contributed by atoms with Crippen LogP contribution in [0.2, 0.25) is 5.02 Å². The molecule has 0 bridgehead atoms. The van der Waals surface area contributed by atoms with Crippen LogP contribution in [0.1, 0.15) is 12.5 Å². The van der Waals surface area contributed by atoms with Gasteiger partial charge in [0.2, 0.25) is 0 Å². The second-order valence-corrected chi connectivity index (χ2v) is 6.49. The topological polar surface area (TPSA) is 88.7 Å². The molecular formula is C20H19ClN4O3. The van der Waals surface area contributed by atoms with Crippen molar-refractivity contribution < 1.29 is 14.6 Å². The van der Waals surface area contributed by atoms with Crippen LogP contribution in [0.25, 0.3) is 11.3 Å². The molecule has 8 heteroatoms. The van der Waals surface area contributed by atoms with Gasteiger partial charge >= 0.3 is 0 Å². The van der Waals surface area contributed by atoms with Gasteiger partial charge in [-0.3, -0.25) is 4.79 Å². The number of imidazole rings is 1. The first-order valence-corrected chi connectivity index (χ1v) is 8.82. The van der Waals surface area contributed by atoms with Gasteiger partial charge in [-0.25, -0.2) is 10.4 Å². The van der Waals surface area contributed by atoms with Gasteiger partial charge in [0.15, 0.2) is 11.5 Å². The minimum Gasteiger partial charge on any atom is -0.504 e. The number of nitrogens with one attached hydrogen (secondary N) is 1. The summed E-state index contributed by atoms with van der Waals surface area (Å²) in [5, 5.41) is 14.4. The summed E-state index contributed by atoms with van der Waals surface area (Å²) in [7, 11) is 1.47. The van der Waals surface area contributed by atoms with Gasteiger partial charge in [0, 0.05) is 22.3 Å². The summed E-state index contributed by atoms with van der Waals surface area (Å²) in [6.07, 6.45) is 3.37. The van der Waals surface area contributed by atoms with E-state index in [1.807, 2.05) is 12.1 Å². The number of phenolic OH excluding ortho intramolecular Hbond substituents is 1. The maximum absolute atomic E-state index is 12.2. The molecule has 0 unspecified atom stereocenters. The van der Waals surface area contributed by atoms with Gasteiger partial charge in [-0.2, -0.15) is 5.10 Å². The van der Waals surface area contributed by atoms with Crippen LogP contribution in [0.5, 0.6) is 11.5 Å². The molecule has 1 heterocycles. The summed E-state index contributed by atoms with van der Waals surface area (Å²) in [5.74, 6) is 0.0938. The third kappa shape index (κ3) is 4.69. The molecule has 2 N–H and O–H groups in total. The van der Waals surface area contributed by atoms with Crippen LogP contribution in [0, 0.1) is 0 Å². The maximum Gasteiger partial charge on any atom is 0.260 e. The minimum atomic E-state index is -0.287. The zero-order valence-electron chi connectivity index (χ0n) is 15.4. The van der Waals surface area contributed by atoms with E-state index < -0.39 is 0 Å². The lowest BCUT2D eigenvalue weighted by atomic mass is 10.1. The van der Waals surface area contributed by atoms with E-state index >= 15 is 0 Å². The van der Waals surface area contributed by atoms with Crippen LogP contribution in [0.3, 0.4) is 0 Å². The van der Waals surface area contributed by atoms with Crippen molar-refractivity contribution in [1.82, 2.24) is 15.0 Å². The van der Waals surface area contributed by atoms with Crippen LogP contribution in [0.15, 0.2) is 60.1 Å². The Bertz CT molecular complexity index is 1010. The Kier molecular flexibility index (Phi) is 5.96. The number of ether oxygens (including phenoxy) is 1. The molecule has 1 amide bonds. The fourth-order valence-electron chi connectivity index (χ4n) is 2.53. The molecule has 0 aliphatic rings. The molecule has 0 saturated carbocycles. The third-order valence-corrected chi connectivity index (χ3v) is 4.30. The molecule has 3 aromatic rings. The highest BCUT2D eigenvalue weighted by molar-refractivity contribution is 6.30. The first-order chi connectivity index (χ1) is 13.5. The number of halogens is 1. The second-order valence-electron chi connectivity index (χ2n) is 6.06. The first kappa shape index (κ1) is 19.4. The molecule has 0 aliphatic carbocycles. The van der Waals surface area contributed by atoms with Crippen molar-refractivity contribution in [3.05, 3.63) is 65.6 Å². The summed E-state index contributed by atoms with van der Waals surface area (Å²) in [4.78, 5) is 16.5. The van der Waals surface area contributed by atoms with Gasteiger partial charge in [0.25, 0.3) is 5.91 Å². The lowest BCUT2D eigenvalue weighted by Gasteiger charge is -2.07. The highest BCUT2D eigenvalue weighted by atomic mass is 35.5. The summed E-state index contributed by atoms with van der Waals surface area (Å²) >= 11 is 5.89. The normalized spacial score (nSPS) is 11.3. The Labute approximate surface area is 167 Å². The second kappa shape index (κ2) is 8.58. The smallest absolute Gasteiger partial charge is 0.260 e. The van der Waals surface area contributed by atoms with Crippen molar-refractivity contribution in [2.75, 3.05) is 7.11 Å². The number of methoxy groups -OCH3 is 1. The molecular weight excluding hydrogens is 380 g/mol. The van der Waals surface area contributed by atoms with E-state index in [-0.39, 0.29) is 18.2 Å². The number of amides is 1. The molecule has 2 aromatic carbocycles. The van der Waals surface area contributed by atoms with Gasteiger partial charge in [-0.15, -0.1) is 0 Å². The highest BCUT2D eigenvalue weighted by Gasteiger charge is 2.08. The maximum atomic E-state index is 12.2. The molecule has 28 heavy (non-hydrogen) atoms. The third-order valence-electron chi connectivity index (χ3n) is 4.05. The Morgan fingerprint density at radius 2 is 2.04 bits per heavy atom. The quantitative estimate of drug-likeness (QED) is 0.491. The fraction of sp³-hybridized carbons (Fsp3) is 0.150. The van der Waals surface area contributed by atoms with Crippen molar-refractivity contribution in [3.8, 4) is 22.8 Å². The predicted octanol–water partition coefficient (Wildman–Crippen LogP) is 3.46. The Balaban J connectivity index is 1.62. The van der Waals surface area contributed by atoms with Gasteiger partial charge < -0.3 is 14.4 Å². The van der Waals surface area contributed by atoms with Crippen LogP contribution >= 0.6 is 11.6 Å². The van der Waals surface area contributed by atoms with E-state index in [1.165, 1.54) is 13.2 Å². The number of carbonyl (C=O) groups is 1. The molecule has 7 nitrogen and oxygen atoms in total. The number of hydrogen-bond donors (Lipinski definition) is 2. The van der Waals surface area contributed by atoms with E-state index in [4.69, 9.17) is 16.3 Å². The number of hydrogen-bond acceptors (Lipinski definition) is 5. The molecule has 0 spiro atoms. The van der Waals surface area contributed by atoms with E-state index in [0.29, 0.717) is 16.5 Å². The molecule has 0 radical (unpaired) electrons. The van der Waals surface area contributed by atoms with Crippen LogP contribution in [-0.2, 0) is 11.3 Å². The summed E-state index contributed by atoms with van der Waals surface area (Å²) < 4.78 is 6.75. The summed E-state index contributed by atoms with van der Waals surface area (Å²) in [6.45, 7) is 1.83. The minimum absolute atomic E-state index is 0.0414. The summed E-state index contributed by atoms with van der Waals surface area (Å²) in [5.41, 5.74) is 5.49. The van der Waals surface area contributed by atoms with E-state index in [0.717, 1.165) is 16.8 Å². The Hall–Kier alpha value is -3.32. The van der Waals surface area contributed by atoms with E-state index in [2.05, 4.69) is 15.5 Å². The number of carbonyl (C=O) groups excluding carboxylic acids is 1.